The van der Waals surface area contributed by atoms with Gasteiger partial charge in [-0.2, -0.15) is 0 Å². The maximum Gasteiger partial charge on any atom is 0.286 e. The molecule has 2 aliphatic rings. The minimum atomic E-state index is -3.29. The van der Waals surface area contributed by atoms with Crippen LogP contribution in [0.25, 0.3) is 11.1 Å². The zero-order valence-electron chi connectivity index (χ0n) is 17.9. The number of nitrogens with one attached hydrogen (secondary N) is 1. The van der Waals surface area contributed by atoms with E-state index in [1.807, 2.05) is 0 Å². The molecule has 1 fully saturated rings. The van der Waals surface area contributed by atoms with Crippen molar-refractivity contribution in [2.45, 2.75) is 37.3 Å². The summed E-state index contributed by atoms with van der Waals surface area (Å²) in [5, 5.41) is 3.65. The lowest BCUT2D eigenvalue weighted by molar-refractivity contribution is -0.131. The van der Waals surface area contributed by atoms with Crippen molar-refractivity contribution >= 4 is 17.8 Å². The summed E-state index contributed by atoms with van der Waals surface area (Å²) in [6, 6.07) is 0.808. The van der Waals surface area contributed by atoms with E-state index >= 15 is 0 Å². The Morgan fingerprint density at radius 1 is 1.18 bits per heavy atom. The fourth-order valence-electron chi connectivity index (χ4n) is 4.09. The van der Waals surface area contributed by atoms with Gasteiger partial charge in [-0.25, -0.2) is 30.7 Å². The van der Waals surface area contributed by atoms with Crippen LogP contribution >= 0.6 is 11.9 Å². The lowest BCUT2D eigenvalue weighted by Crippen LogP contribution is -2.40. The lowest BCUT2D eigenvalue weighted by atomic mass is 9.88. The van der Waals surface area contributed by atoms with Crippen LogP contribution in [0.4, 0.5) is 30.7 Å². The van der Waals surface area contributed by atoms with Gasteiger partial charge in [0.15, 0.2) is 0 Å². The molecule has 2 aliphatic heterocycles. The predicted molar refractivity (Wildman–Crippen MR) is 112 cm³/mol. The molecule has 0 spiro atoms. The van der Waals surface area contributed by atoms with E-state index in [-0.39, 0.29) is 17.9 Å². The fraction of sp³-hybridized carbons (Fsp3) is 0.429. The first-order valence-corrected chi connectivity index (χ1v) is 11.3. The molecule has 1 aromatic carbocycles. The first-order valence-electron chi connectivity index (χ1n) is 10.0. The second-order valence-corrected chi connectivity index (χ2v) is 8.78. The highest BCUT2D eigenvalue weighted by Gasteiger charge is 2.56. The lowest BCUT2D eigenvalue weighted by Gasteiger charge is -2.28. The van der Waals surface area contributed by atoms with E-state index in [1.165, 1.54) is 19.2 Å². The normalized spacial score (nSPS) is 24.0. The molecule has 1 N–H and O–H groups in total. The summed E-state index contributed by atoms with van der Waals surface area (Å²) in [5.41, 5.74) is -3.88. The number of amidine groups is 1. The van der Waals surface area contributed by atoms with Crippen LogP contribution in [-0.2, 0) is 10.4 Å². The van der Waals surface area contributed by atoms with Gasteiger partial charge >= 0.3 is 0 Å². The van der Waals surface area contributed by atoms with Gasteiger partial charge in [0.05, 0.1) is 18.5 Å². The third-order valence-electron chi connectivity index (χ3n) is 5.73. The van der Waals surface area contributed by atoms with Crippen molar-refractivity contribution in [2.24, 2.45) is 5.16 Å². The topological polar surface area (TPSA) is 49.8 Å². The first kappa shape index (κ1) is 24.6. The Bertz CT molecular complexity index is 1110. The molecule has 1 aromatic heterocycles. The van der Waals surface area contributed by atoms with Crippen LogP contribution in [0, 0.1) is 24.4 Å². The Kier molecular flexibility index (Phi) is 6.44. The average Bonchev–Trinajstić information content (AvgIpc) is 3.30. The van der Waals surface area contributed by atoms with Crippen LogP contribution in [0.1, 0.15) is 17.7 Å². The van der Waals surface area contributed by atoms with Crippen molar-refractivity contribution in [3.63, 3.8) is 0 Å². The molecule has 0 saturated carbocycles. The highest BCUT2D eigenvalue weighted by molar-refractivity contribution is 7.96. The summed E-state index contributed by atoms with van der Waals surface area (Å²) < 4.78 is 103. The van der Waals surface area contributed by atoms with Crippen LogP contribution in [0.3, 0.4) is 0 Å². The monoisotopic (exact) mass is 508 g/mol. The Morgan fingerprint density at radius 3 is 2.47 bits per heavy atom. The van der Waals surface area contributed by atoms with Gasteiger partial charge in [-0.15, -0.1) is 0 Å². The van der Waals surface area contributed by atoms with Gasteiger partial charge in [-0.3, -0.25) is 9.71 Å². The Hall–Kier alpha value is -2.54. The summed E-state index contributed by atoms with van der Waals surface area (Å²) in [7, 11) is 0. The van der Waals surface area contributed by atoms with Gasteiger partial charge in [0.2, 0.25) is 5.60 Å². The van der Waals surface area contributed by atoms with E-state index in [4.69, 9.17) is 4.84 Å². The molecule has 0 radical (unpaired) electrons. The SMILES string of the molecule is CSN[C@@H]1CN(C2=NOC(c3ncc(C)cc3-c3c(F)cc(F)cc3F)(C(F)F)C2)CC1(F)F. The van der Waals surface area contributed by atoms with Crippen molar-refractivity contribution in [2.75, 3.05) is 19.3 Å². The fourth-order valence-corrected chi connectivity index (χ4v) is 4.62. The van der Waals surface area contributed by atoms with Gasteiger partial charge in [0.1, 0.15) is 35.0 Å². The van der Waals surface area contributed by atoms with Gasteiger partial charge in [-0.05, 0) is 24.8 Å². The highest BCUT2D eigenvalue weighted by Crippen LogP contribution is 2.46. The zero-order chi connectivity index (χ0) is 24.8. The first-order chi connectivity index (χ1) is 16.0. The number of likely N-dealkylation sites (tertiary alicyclic amines) is 1. The predicted octanol–water partition coefficient (Wildman–Crippen LogP) is 4.86. The molecule has 2 atom stereocenters. The van der Waals surface area contributed by atoms with Crippen molar-refractivity contribution in [3.8, 4) is 11.1 Å². The molecule has 5 nitrogen and oxygen atoms in total. The molecule has 0 bridgehead atoms. The molecule has 184 valence electrons. The third-order valence-corrected chi connectivity index (χ3v) is 6.25. The number of aromatic nitrogens is 1. The van der Waals surface area contributed by atoms with Gasteiger partial charge in [0.25, 0.3) is 12.3 Å². The number of oxime groups is 1. The van der Waals surface area contributed by atoms with E-state index in [1.54, 1.807) is 6.26 Å². The van der Waals surface area contributed by atoms with E-state index in [2.05, 4.69) is 14.9 Å². The minimum Gasteiger partial charge on any atom is -0.374 e. The molecule has 1 unspecified atom stereocenters. The number of hydrogen-bond acceptors (Lipinski definition) is 6. The molecule has 1 saturated heterocycles. The van der Waals surface area contributed by atoms with Crippen molar-refractivity contribution in [1.29, 1.82) is 0 Å². The number of rotatable bonds is 5. The second-order valence-electron chi connectivity index (χ2n) is 8.14. The maximum absolute atomic E-state index is 14.6. The number of benzene rings is 1. The van der Waals surface area contributed by atoms with Gasteiger partial charge in [-0.1, -0.05) is 17.1 Å². The van der Waals surface area contributed by atoms with E-state index < -0.39 is 65.7 Å². The third kappa shape index (κ3) is 4.19. The number of halogens is 7. The van der Waals surface area contributed by atoms with Crippen LogP contribution in [0.5, 0.6) is 0 Å². The molecule has 34 heavy (non-hydrogen) atoms. The molecular formula is C21H19F7N4OS. The molecule has 2 aromatic rings. The van der Waals surface area contributed by atoms with Crippen LogP contribution in [0.2, 0.25) is 0 Å². The summed E-state index contributed by atoms with van der Waals surface area (Å²) in [5.74, 6) is -7.15. The number of pyridine rings is 1. The highest BCUT2D eigenvalue weighted by atomic mass is 32.2. The van der Waals surface area contributed by atoms with Crippen molar-refractivity contribution < 1.29 is 35.6 Å². The number of nitrogens with zero attached hydrogens (tertiary/aromatic N) is 3. The molecule has 3 heterocycles. The summed E-state index contributed by atoms with van der Waals surface area (Å²) in [6.07, 6.45) is -1.18. The van der Waals surface area contributed by atoms with E-state index in [0.717, 1.165) is 16.8 Å². The summed E-state index contributed by atoms with van der Waals surface area (Å²) in [6.45, 7) is 0.532. The molecule has 13 heteroatoms. The molecule has 0 aliphatic carbocycles. The second kappa shape index (κ2) is 8.91. The van der Waals surface area contributed by atoms with Gasteiger partial charge < -0.3 is 9.74 Å². The number of aryl methyl sites for hydroxylation is 1. The summed E-state index contributed by atoms with van der Waals surface area (Å²) in [4.78, 5) is 10.2. The Balaban J connectivity index is 1.75. The van der Waals surface area contributed by atoms with Crippen LogP contribution in [-0.4, -0.2) is 53.5 Å². The zero-order valence-corrected chi connectivity index (χ0v) is 18.7. The van der Waals surface area contributed by atoms with Crippen LogP contribution < -0.4 is 4.72 Å². The van der Waals surface area contributed by atoms with E-state index in [9.17, 15) is 30.7 Å². The minimum absolute atomic E-state index is 0.168. The molecule has 0 amide bonds. The average molecular weight is 508 g/mol. The quantitative estimate of drug-likeness (QED) is 0.462. The Labute approximate surface area is 194 Å². The maximum atomic E-state index is 14.6. The summed E-state index contributed by atoms with van der Waals surface area (Å²) >= 11 is 0.996. The van der Waals surface area contributed by atoms with Crippen molar-refractivity contribution in [3.05, 3.63) is 53.1 Å². The standard InChI is InChI=1S/C21H19F7N4OS/c1-10-3-12(17-13(23)4-11(22)5-14(17)24)18(29-7-10)20(19(25)26)6-16(30-33-20)32-8-15(31-34-2)21(27,28)9-32/h3-5,7,15,19,31H,6,8-9H2,1-2H3/t15-,20?/m1/s1. The molecule has 4 rings (SSSR count). The number of alkyl halides is 4. The number of hydrogen-bond donors (Lipinski definition) is 1. The van der Waals surface area contributed by atoms with E-state index in [0.29, 0.717) is 17.7 Å². The van der Waals surface area contributed by atoms with Crippen LogP contribution in [0.15, 0.2) is 29.6 Å². The van der Waals surface area contributed by atoms with Gasteiger partial charge in [0, 0.05) is 30.4 Å². The Morgan fingerprint density at radius 2 is 1.85 bits per heavy atom. The smallest absolute Gasteiger partial charge is 0.286 e. The molecular weight excluding hydrogens is 489 g/mol. The largest absolute Gasteiger partial charge is 0.374 e. The van der Waals surface area contributed by atoms with Crippen molar-refractivity contribution in [1.82, 2.24) is 14.6 Å².